The molecule has 90 valence electrons. The number of hydrogen-bond donors (Lipinski definition) is 1. The zero-order valence-corrected chi connectivity index (χ0v) is 11.6. The summed E-state index contributed by atoms with van der Waals surface area (Å²) in [5, 5.41) is 3.51. The fraction of sp³-hybridized carbons (Fsp3) is 0.462. The molecule has 1 aliphatic rings. The number of aromatic nitrogens is 1. The van der Waals surface area contributed by atoms with Gasteiger partial charge in [-0.25, -0.2) is 4.98 Å². The number of aryl methyl sites for hydroxylation is 3. The fourth-order valence-corrected chi connectivity index (χ4v) is 4.25. The van der Waals surface area contributed by atoms with Crippen LogP contribution in [0.4, 0.5) is 0 Å². The molecule has 2 aromatic rings. The first-order valence-corrected chi connectivity index (χ1v) is 7.72. The summed E-state index contributed by atoms with van der Waals surface area (Å²) in [6.07, 6.45) is 3.95. The van der Waals surface area contributed by atoms with Crippen molar-refractivity contribution in [3.8, 4) is 0 Å². The fourth-order valence-electron chi connectivity index (χ4n) is 2.27. The van der Waals surface area contributed by atoms with Gasteiger partial charge < -0.3 is 5.32 Å². The van der Waals surface area contributed by atoms with E-state index in [1.165, 1.54) is 29.0 Å². The van der Waals surface area contributed by atoms with Crippen LogP contribution in [0.1, 0.15) is 32.3 Å². The van der Waals surface area contributed by atoms with Crippen LogP contribution in [0.3, 0.4) is 0 Å². The van der Waals surface area contributed by atoms with Gasteiger partial charge in [0, 0.05) is 27.7 Å². The Balaban J connectivity index is 1.56. The third-order valence-electron chi connectivity index (χ3n) is 3.23. The van der Waals surface area contributed by atoms with E-state index < -0.39 is 0 Å². The number of nitrogens with zero attached hydrogens (tertiary/aromatic N) is 1. The van der Waals surface area contributed by atoms with Crippen molar-refractivity contribution in [2.75, 3.05) is 0 Å². The minimum atomic E-state index is 0.944. The van der Waals surface area contributed by atoms with Crippen LogP contribution >= 0.6 is 22.7 Å². The molecule has 0 aromatic carbocycles. The molecule has 1 aliphatic carbocycles. The molecule has 0 saturated carbocycles. The molecule has 0 fully saturated rings. The zero-order valence-electron chi connectivity index (χ0n) is 9.95. The summed E-state index contributed by atoms with van der Waals surface area (Å²) in [7, 11) is 0. The summed E-state index contributed by atoms with van der Waals surface area (Å²) in [6.45, 7) is 4.02. The molecule has 4 heteroatoms. The second-order valence-corrected chi connectivity index (χ2v) is 6.64. The largest absolute Gasteiger partial charge is 0.307 e. The smallest absolute Gasteiger partial charge is 0.0798 e. The maximum Gasteiger partial charge on any atom is 0.0798 e. The average Bonchev–Trinajstić information content (AvgIpc) is 2.95. The van der Waals surface area contributed by atoms with Gasteiger partial charge in [0.15, 0.2) is 0 Å². The second-order valence-electron chi connectivity index (χ2n) is 4.48. The molecular weight excluding hydrogens is 248 g/mol. The van der Waals surface area contributed by atoms with Crippen molar-refractivity contribution in [3.63, 3.8) is 0 Å². The van der Waals surface area contributed by atoms with Gasteiger partial charge in [-0.05, 0) is 37.8 Å². The highest BCUT2D eigenvalue weighted by Crippen LogP contribution is 2.30. The first kappa shape index (κ1) is 11.4. The summed E-state index contributed by atoms with van der Waals surface area (Å²) < 4.78 is 0. The second kappa shape index (κ2) is 4.88. The Labute approximate surface area is 110 Å². The van der Waals surface area contributed by atoms with Gasteiger partial charge >= 0.3 is 0 Å². The molecule has 3 rings (SSSR count). The number of fused-ring (bicyclic) bond motifs is 1. The van der Waals surface area contributed by atoms with Crippen LogP contribution in [0.25, 0.3) is 0 Å². The summed E-state index contributed by atoms with van der Waals surface area (Å²) in [5.74, 6) is 0. The van der Waals surface area contributed by atoms with Gasteiger partial charge in [0.05, 0.1) is 11.2 Å². The SMILES string of the molecule is Cc1ncsc1CNCc1cc2c(s1)CCC2. The molecule has 2 aromatic heterocycles. The lowest BCUT2D eigenvalue weighted by atomic mass is 10.2. The highest BCUT2D eigenvalue weighted by Gasteiger charge is 2.14. The van der Waals surface area contributed by atoms with E-state index in [4.69, 9.17) is 0 Å². The Kier molecular flexibility index (Phi) is 3.27. The van der Waals surface area contributed by atoms with Gasteiger partial charge in [-0.1, -0.05) is 0 Å². The van der Waals surface area contributed by atoms with E-state index >= 15 is 0 Å². The normalized spacial score (nSPS) is 14.2. The van der Waals surface area contributed by atoms with Gasteiger partial charge in [0.2, 0.25) is 0 Å². The number of thiophene rings is 1. The van der Waals surface area contributed by atoms with E-state index in [1.807, 2.05) is 16.8 Å². The first-order valence-electron chi connectivity index (χ1n) is 6.03. The third kappa shape index (κ3) is 2.44. The molecule has 1 N–H and O–H groups in total. The Hall–Kier alpha value is -0.710. The topological polar surface area (TPSA) is 24.9 Å². The van der Waals surface area contributed by atoms with Crippen molar-refractivity contribution < 1.29 is 0 Å². The lowest BCUT2D eigenvalue weighted by molar-refractivity contribution is 0.704. The molecule has 0 amide bonds. The molecular formula is C13H16N2S2. The molecule has 0 bridgehead atoms. The Morgan fingerprint density at radius 3 is 3.06 bits per heavy atom. The Morgan fingerprint density at radius 1 is 1.35 bits per heavy atom. The maximum atomic E-state index is 4.26. The van der Waals surface area contributed by atoms with Crippen LogP contribution in [0.5, 0.6) is 0 Å². The van der Waals surface area contributed by atoms with Crippen LogP contribution in [-0.4, -0.2) is 4.98 Å². The predicted molar refractivity (Wildman–Crippen MR) is 73.7 cm³/mol. The van der Waals surface area contributed by atoms with Gasteiger partial charge in [-0.15, -0.1) is 22.7 Å². The van der Waals surface area contributed by atoms with E-state index in [1.54, 1.807) is 21.8 Å². The van der Waals surface area contributed by atoms with Crippen LogP contribution in [0.2, 0.25) is 0 Å². The van der Waals surface area contributed by atoms with Crippen molar-refractivity contribution in [1.29, 1.82) is 0 Å². The summed E-state index contributed by atoms with van der Waals surface area (Å²) >= 11 is 3.73. The van der Waals surface area contributed by atoms with E-state index in [0.717, 1.165) is 18.8 Å². The van der Waals surface area contributed by atoms with Crippen molar-refractivity contribution in [1.82, 2.24) is 10.3 Å². The van der Waals surface area contributed by atoms with Crippen molar-refractivity contribution in [3.05, 3.63) is 37.5 Å². The molecule has 2 nitrogen and oxygen atoms in total. The summed E-state index contributed by atoms with van der Waals surface area (Å²) in [4.78, 5) is 8.72. The standard InChI is InChI=1S/C13H16N2S2/c1-9-13(16-8-15-9)7-14-6-11-5-10-3-2-4-12(10)17-11/h5,8,14H,2-4,6-7H2,1H3. The van der Waals surface area contributed by atoms with E-state index in [2.05, 4.69) is 23.3 Å². The molecule has 0 aliphatic heterocycles. The quantitative estimate of drug-likeness (QED) is 0.916. The van der Waals surface area contributed by atoms with Gasteiger partial charge in [-0.2, -0.15) is 0 Å². The van der Waals surface area contributed by atoms with Crippen LogP contribution < -0.4 is 5.32 Å². The minimum Gasteiger partial charge on any atom is -0.307 e. The van der Waals surface area contributed by atoms with Crippen LogP contribution in [-0.2, 0) is 25.9 Å². The Bertz CT molecular complexity index is 492. The highest BCUT2D eigenvalue weighted by atomic mass is 32.1. The maximum absolute atomic E-state index is 4.26. The average molecular weight is 264 g/mol. The predicted octanol–water partition coefficient (Wildman–Crippen LogP) is 3.29. The molecule has 0 unspecified atom stereocenters. The Morgan fingerprint density at radius 2 is 2.29 bits per heavy atom. The van der Waals surface area contributed by atoms with E-state index in [0.29, 0.717) is 0 Å². The molecule has 0 atom stereocenters. The highest BCUT2D eigenvalue weighted by molar-refractivity contribution is 7.12. The van der Waals surface area contributed by atoms with Crippen molar-refractivity contribution in [2.45, 2.75) is 39.3 Å². The van der Waals surface area contributed by atoms with Gasteiger partial charge in [-0.3, -0.25) is 0 Å². The molecule has 17 heavy (non-hydrogen) atoms. The third-order valence-corrected chi connectivity index (χ3v) is 5.40. The van der Waals surface area contributed by atoms with Crippen LogP contribution in [0.15, 0.2) is 11.6 Å². The monoisotopic (exact) mass is 264 g/mol. The number of rotatable bonds is 4. The number of hydrogen-bond acceptors (Lipinski definition) is 4. The van der Waals surface area contributed by atoms with E-state index in [-0.39, 0.29) is 0 Å². The number of thiazole rings is 1. The summed E-state index contributed by atoms with van der Waals surface area (Å²) in [6, 6.07) is 2.39. The molecule has 0 radical (unpaired) electrons. The van der Waals surface area contributed by atoms with E-state index in [9.17, 15) is 0 Å². The van der Waals surface area contributed by atoms with Gasteiger partial charge in [0.25, 0.3) is 0 Å². The summed E-state index contributed by atoms with van der Waals surface area (Å²) in [5.41, 5.74) is 4.68. The first-order chi connectivity index (χ1) is 8.33. The van der Waals surface area contributed by atoms with Crippen molar-refractivity contribution in [2.24, 2.45) is 0 Å². The molecule has 2 heterocycles. The zero-order chi connectivity index (χ0) is 11.7. The minimum absolute atomic E-state index is 0.944. The molecule has 0 saturated heterocycles. The van der Waals surface area contributed by atoms with Crippen molar-refractivity contribution >= 4 is 22.7 Å². The molecule has 0 spiro atoms. The van der Waals surface area contributed by atoms with Gasteiger partial charge in [0.1, 0.15) is 0 Å². The lowest BCUT2D eigenvalue weighted by Gasteiger charge is -2.01. The lowest BCUT2D eigenvalue weighted by Crippen LogP contribution is -2.11. The number of nitrogens with one attached hydrogen (secondary N) is 1. The van der Waals surface area contributed by atoms with Crippen LogP contribution in [0, 0.1) is 6.92 Å².